The average molecular weight is 589 g/mol. The third-order valence-corrected chi connectivity index (χ3v) is 10.2. The second kappa shape index (κ2) is 10.6. The Balaban J connectivity index is 1.08. The number of thiophene rings is 1. The Labute approximate surface area is 266 Å². The average Bonchev–Trinajstić information content (AvgIpc) is 3.49. The maximum Gasteiger partial charge on any atom is 0.0355 e. The summed E-state index contributed by atoms with van der Waals surface area (Å²) in [6.45, 7) is 0. The Kier molecular flexibility index (Phi) is 6.11. The molecule has 9 aromatic rings. The van der Waals surface area contributed by atoms with Gasteiger partial charge in [-0.3, -0.25) is 0 Å². The summed E-state index contributed by atoms with van der Waals surface area (Å²) in [6.07, 6.45) is 0. The first kappa shape index (κ1) is 25.9. The van der Waals surface area contributed by atoms with Gasteiger partial charge >= 0.3 is 0 Å². The van der Waals surface area contributed by atoms with Crippen LogP contribution in [0.1, 0.15) is 0 Å². The Hall–Kier alpha value is -5.50. The number of benzene rings is 8. The van der Waals surface area contributed by atoms with Crippen molar-refractivity contribution in [2.45, 2.75) is 0 Å². The molecule has 0 aliphatic carbocycles. The van der Waals surface area contributed by atoms with Crippen molar-refractivity contribution < 1.29 is 0 Å². The molecular weight excluding hydrogens is 561 g/mol. The molecule has 0 nitrogen and oxygen atoms in total. The lowest BCUT2D eigenvalue weighted by molar-refractivity contribution is 1.60. The molecule has 1 aromatic heterocycles. The molecule has 9 rings (SSSR count). The Morgan fingerprint density at radius 3 is 1.64 bits per heavy atom. The van der Waals surface area contributed by atoms with Crippen molar-refractivity contribution >= 4 is 53.1 Å². The molecule has 8 aromatic carbocycles. The monoisotopic (exact) mass is 588 g/mol. The van der Waals surface area contributed by atoms with Crippen LogP contribution in [0.5, 0.6) is 0 Å². The van der Waals surface area contributed by atoms with Crippen molar-refractivity contribution in [3.05, 3.63) is 170 Å². The maximum absolute atomic E-state index is 2.35. The van der Waals surface area contributed by atoms with Gasteiger partial charge in [0.2, 0.25) is 0 Å². The van der Waals surface area contributed by atoms with Gasteiger partial charge in [0.05, 0.1) is 0 Å². The molecule has 0 unspecified atom stereocenters. The second-order valence-corrected chi connectivity index (χ2v) is 12.8. The fourth-order valence-electron chi connectivity index (χ4n) is 6.79. The van der Waals surface area contributed by atoms with E-state index >= 15 is 0 Å². The summed E-state index contributed by atoms with van der Waals surface area (Å²) in [5.74, 6) is 0. The number of fused-ring (bicyclic) bond motifs is 5. The predicted octanol–water partition coefficient (Wildman–Crippen LogP) is 13.0. The first-order chi connectivity index (χ1) is 22.3. The smallest absolute Gasteiger partial charge is 0.0355 e. The Morgan fingerprint density at radius 1 is 0.267 bits per heavy atom. The van der Waals surface area contributed by atoms with Crippen LogP contribution >= 0.6 is 11.3 Å². The van der Waals surface area contributed by atoms with Gasteiger partial charge in [0.15, 0.2) is 0 Å². The van der Waals surface area contributed by atoms with Crippen molar-refractivity contribution in [3.8, 4) is 44.5 Å². The lowest BCUT2D eigenvalue weighted by Crippen LogP contribution is -1.87. The zero-order chi connectivity index (χ0) is 29.7. The number of hydrogen-bond acceptors (Lipinski definition) is 1. The van der Waals surface area contributed by atoms with Gasteiger partial charge in [-0.25, -0.2) is 0 Å². The summed E-state index contributed by atoms with van der Waals surface area (Å²) in [7, 11) is 0. The third-order valence-electron chi connectivity index (χ3n) is 9.09. The van der Waals surface area contributed by atoms with E-state index in [0.29, 0.717) is 0 Å². The highest BCUT2D eigenvalue weighted by Crippen LogP contribution is 2.39. The molecule has 1 heteroatoms. The molecule has 0 saturated carbocycles. The summed E-state index contributed by atoms with van der Waals surface area (Å²) < 4.78 is 2.68. The van der Waals surface area contributed by atoms with Gasteiger partial charge in [-0.15, -0.1) is 11.3 Å². The fraction of sp³-hybridized carbons (Fsp3) is 0. The quantitative estimate of drug-likeness (QED) is 0.192. The molecule has 0 fully saturated rings. The van der Waals surface area contributed by atoms with Crippen LogP contribution in [-0.4, -0.2) is 0 Å². The van der Waals surface area contributed by atoms with Crippen LogP contribution in [0.15, 0.2) is 170 Å². The minimum absolute atomic E-state index is 1.23. The van der Waals surface area contributed by atoms with Crippen molar-refractivity contribution in [2.24, 2.45) is 0 Å². The Morgan fingerprint density at radius 2 is 0.822 bits per heavy atom. The van der Waals surface area contributed by atoms with Crippen LogP contribution in [0.4, 0.5) is 0 Å². The fourth-order valence-corrected chi connectivity index (χ4v) is 7.87. The normalized spacial score (nSPS) is 11.6. The Bertz CT molecular complexity index is 2530. The molecule has 0 radical (unpaired) electrons. The zero-order valence-electron chi connectivity index (χ0n) is 24.6. The number of rotatable bonds is 4. The van der Waals surface area contributed by atoms with Gasteiger partial charge in [0.25, 0.3) is 0 Å². The van der Waals surface area contributed by atoms with Crippen LogP contribution in [0.3, 0.4) is 0 Å². The van der Waals surface area contributed by atoms with E-state index < -0.39 is 0 Å². The second-order valence-electron chi connectivity index (χ2n) is 11.7. The van der Waals surface area contributed by atoms with E-state index in [2.05, 4.69) is 170 Å². The summed E-state index contributed by atoms with van der Waals surface area (Å²) in [6, 6.07) is 62.3. The van der Waals surface area contributed by atoms with E-state index in [0.717, 1.165) is 0 Å². The molecule has 0 aliphatic heterocycles. The van der Waals surface area contributed by atoms with E-state index in [1.54, 1.807) is 0 Å². The molecule has 45 heavy (non-hydrogen) atoms. The van der Waals surface area contributed by atoms with Crippen LogP contribution in [-0.2, 0) is 0 Å². The van der Waals surface area contributed by atoms with Crippen molar-refractivity contribution in [1.82, 2.24) is 0 Å². The van der Waals surface area contributed by atoms with Crippen LogP contribution in [0.2, 0.25) is 0 Å². The molecule has 0 N–H and O–H groups in total. The van der Waals surface area contributed by atoms with E-state index in [1.807, 2.05) is 11.3 Å². The first-order valence-electron chi connectivity index (χ1n) is 15.4. The van der Waals surface area contributed by atoms with Crippen molar-refractivity contribution in [2.75, 3.05) is 0 Å². The van der Waals surface area contributed by atoms with E-state index in [1.165, 1.54) is 86.2 Å². The molecular formula is C44H28S. The van der Waals surface area contributed by atoms with Gasteiger partial charge in [0, 0.05) is 20.2 Å². The molecule has 0 spiro atoms. The lowest BCUT2D eigenvalue weighted by atomic mass is 9.90. The zero-order valence-corrected chi connectivity index (χ0v) is 25.4. The highest BCUT2D eigenvalue weighted by atomic mass is 32.1. The van der Waals surface area contributed by atoms with Gasteiger partial charge in [0.1, 0.15) is 0 Å². The van der Waals surface area contributed by atoms with Crippen molar-refractivity contribution in [1.29, 1.82) is 0 Å². The SMILES string of the molecule is c1cc(-c2ccc3ccccc3c2)cc(-c2ccc(-c3ccc(-c4ccc5sc6ccccc6c5c4)cc3)c3ccccc23)c1. The summed E-state index contributed by atoms with van der Waals surface area (Å²) in [5.41, 5.74) is 9.93. The van der Waals surface area contributed by atoms with Gasteiger partial charge in [-0.05, 0) is 96.4 Å². The summed E-state index contributed by atoms with van der Waals surface area (Å²) in [4.78, 5) is 0. The molecule has 0 amide bonds. The van der Waals surface area contributed by atoms with Gasteiger partial charge < -0.3 is 0 Å². The minimum atomic E-state index is 1.23. The summed E-state index contributed by atoms with van der Waals surface area (Å²) in [5, 5.41) is 7.74. The molecule has 210 valence electrons. The van der Waals surface area contributed by atoms with Crippen molar-refractivity contribution in [3.63, 3.8) is 0 Å². The van der Waals surface area contributed by atoms with E-state index in [-0.39, 0.29) is 0 Å². The molecule has 1 heterocycles. The van der Waals surface area contributed by atoms with Crippen LogP contribution < -0.4 is 0 Å². The van der Waals surface area contributed by atoms with Crippen LogP contribution in [0.25, 0.3) is 86.2 Å². The van der Waals surface area contributed by atoms with Gasteiger partial charge in [-0.2, -0.15) is 0 Å². The standard InChI is InChI=1S/C44H28S/c1-2-9-32-26-34(21-18-29(32)8-1)33-10-7-11-36(27-33)38-24-23-37(39-12-3-4-13-40(38)39)31-19-16-30(17-20-31)35-22-25-44-42(28-35)41-14-5-6-15-43(41)45-44/h1-28H. The highest BCUT2D eigenvalue weighted by molar-refractivity contribution is 7.25. The summed E-state index contributed by atoms with van der Waals surface area (Å²) >= 11 is 1.87. The van der Waals surface area contributed by atoms with Crippen LogP contribution in [0, 0.1) is 0 Å². The van der Waals surface area contributed by atoms with E-state index in [9.17, 15) is 0 Å². The molecule has 0 saturated heterocycles. The predicted molar refractivity (Wildman–Crippen MR) is 196 cm³/mol. The largest absolute Gasteiger partial charge is 0.135 e. The first-order valence-corrected chi connectivity index (χ1v) is 16.2. The topological polar surface area (TPSA) is 0 Å². The molecule has 0 atom stereocenters. The van der Waals surface area contributed by atoms with Gasteiger partial charge in [-0.1, -0.05) is 140 Å². The number of hydrogen-bond donors (Lipinski definition) is 0. The molecule has 0 bridgehead atoms. The maximum atomic E-state index is 2.35. The highest BCUT2D eigenvalue weighted by Gasteiger charge is 2.12. The van der Waals surface area contributed by atoms with E-state index in [4.69, 9.17) is 0 Å². The molecule has 0 aliphatic rings. The third kappa shape index (κ3) is 4.52. The minimum Gasteiger partial charge on any atom is -0.135 e. The lowest BCUT2D eigenvalue weighted by Gasteiger charge is -2.14.